The second-order valence-electron chi connectivity index (χ2n) is 8.87. The van der Waals surface area contributed by atoms with Crippen LogP contribution in [0.5, 0.6) is 0 Å². The number of nitrogens with one attached hydrogen (secondary N) is 1. The number of nitrogens with zero attached hydrogens (tertiary/aromatic N) is 4. The average Bonchev–Trinajstić information content (AvgIpc) is 3.18. The zero-order chi connectivity index (χ0) is 22.3. The third kappa shape index (κ3) is 3.93. The number of aromatic nitrogens is 3. The van der Waals surface area contributed by atoms with E-state index in [1.807, 2.05) is 23.7 Å². The molecule has 32 heavy (non-hydrogen) atoms. The van der Waals surface area contributed by atoms with E-state index in [1.54, 1.807) is 42.5 Å². The first-order valence-electron chi connectivity index (χ1n) is 10.6. The minimum atomic E-state index is -1.20. The van der Waals surface area contributed by atoms with Crippen LogP contribution in [0.25, 0.3) is 10.2 Å². The van der Waals surface area contributed by atoms with E-state index in [0.29, 0.717) is 19.6 Å². The number of fused-ring (bicyclic) bond motifs is 3. The highest BCUT2D eigenvalue weighted by Gasteiger charge is 2.52. The van der Waals surface area contributed by atoms with Crippen LogP contribution in [0.4, 0.5) is 0 Å². The summed E-state index contributed by atoms with van der Waals surface area (Å²) in [6, 6.07) is 8.13. The molecule has 1 amide bonds. The van der Waals surface area contributed by atoms with Crippen molar-refractivity contribution in [3.05, 3.63) is 59.3 Å². The minimum absolute atomic E-state index is 0.0195. The number of hydrogen-bond donors (Lipinski definition) is 2. The van der Waals surface area contributed by atoms with Crippen molar-refractivity contribution in [2.75, 3.05) is 13.1 Å². The molecule has 166 valence electrons. The molecular weight excluding hydrogens is 426 g/mol. The van der Waals surface area contributed by atoms with E-state index < -0.39 is 5.60 Å². The summed E-state index contributed by atoms with van der Waals surface area (Å²) in [4.78, 5) is 30.5. The third-order valence-electron chi connectivity index (χ3n) is 5.89. The maximum atomic E-state index is 12.8. The number of thiazole rings is 1. The molecule has 0 bridgehead atoms. The Bertz CT molecular complexity index is 1190. The van der Waals surface area contributed by atoms with Gasteiger partial charge in [0.1, 0.15) is 5.60 Å². The molecule has 2 N–H and O–H groups in total. The highest BCUT2D eigenvalue weighted by molar-refractivity contribution is 7.16. The van der Waals surface area contributed by atoms with Gasteiger partial charge in [-0.3, -0.25) is 4.79 Å². The molecular formula is C23H25N5O3S. The molecule has 1 fully saturated rings. The van der Waals surface area contributed by atoms with Crippen LogP contribution < -0.4 is 0 Å². The van der Waals surface area contributed by atoms with Gasteiger partial charge >= 0.3 is 0 Å². The largest absolute Gasteiger partial charge is 0.435 e. The summed E-state index contributed by atoms with van der Waals surface area (Å²) in [5.74, 6) is 0.271. The Morgan fingerprint density at radius 1 is 1.28 bits per heavy atom. The van der Waals surface area contributed by atoms with Crippen molar-refractivity contribution in [1.29, 1.82) is 0 Å². The molecule has 4 heterocycles. The quantitative estimate of drug-likeness (QED) is 0.623. The van der Waals surface area contributed by atoms with Crippen molar-refractivity contribution in [3.8, 4) is 0 Å². The molecule has 9 heteroatoms. The third-order valence-corrected chi connectivity index (χ3v) is 6.70. The van der Waals surface area contributed by atoms with Gasteiger partial charge in [0.25, 0.3) is 5.91 Å². The van der Waals surface area contributed by atoms with Crippen molar-refractivity contribution < 1.29 is 14.6 Å². The summed E-state index contributed by atoms with van der Waals surface area (Å²) in [6.07, 6.45) is 5.49. The predicted molar refractivity (Wildman–Crippen MR) is 122 cm³/mol. The van der Waals surface area contributed by atoms with Gasteiger partial charge in [-0.05, 0) is 44.9 Å². The van der Waals surface area contributed by atoms with Crippen LogP contribution in [0.2, 0.25) is 0 Å². The molecule has 0 saturated heterocycles. The summed E-state index contributed by atoms with van der Waals surface area (Å²) in [5.41, 5.74) is 3.91. The van der Waals surface area contributed by atoms with Gasteiger partial charge in [0.2, 0.25) is 5.90 Å². The first-order chi connectivity index (χ1) is 15.4. The van der Waals surface area contributed by atoms with Crippen LogP contribution in [0, 0.1) is 0 Å². The van der Waals surface area contributed by atoms with Crippen LogP contribution in [0.3, 0.4) is 0 Å². The van der Waals surface area contributed by atoms with E-state index in [9.17, 15) is 9.90 Å². The molecule has 0 atom stereocenters. The Hall–Kier alpha value is -3.04. The molecule has 1 aromatic carbocycles. The SMILES string of the molecule is CC(C)(O)C1=NCC=C(C(=O)N2Cc3[nH]cnc3C3(CC3)C2)O1.c1ccc2scnc2c1. The van der Waals surface area contributed by atoms with E-state index in [0.717, 1.165) is 29.7 Å². The zero-order valence-corrected chi connectivity index (χ0v) is 18.9. The molecule has 1 aliphatic carbocycles. The van der Waals surface area contributed by atoms with Gasteiger partial charge < -0.3 is 19.7 Å². The molecule has 1 spiro atoms. The van der Waals surface area contributed by atoms with Gasteiger partial charge in [0, 0.05) is 12.0 Å². The summed E-state index contributed by atoms with van der Waals surface area (Å²) in [5, 5.41) is 10.0. The lowest BCUT2D eigenvalue weighted by Crippen LogP contribution is -2.44. The summed E-state index contributed by atoms with van der Waals surface area (Å²) < 4.78 is 6.83. The number of imidazole rings is 1. The number of benzene rings is 1. The number of carbonyl (C=O) groups excluding carboxylic acids is 1. The van der Waals surface area contributed by atoms with E-state index in [1.165, 1.54) is 4.70 Å². The number of rotatable bonds is 2. The highest BCUT2D eigenvalue weighted by Crippen LogP contribution is 2.51. The van der Waals surface area contributed by atoms with Gasteiger partial charge in [0.15, 0.2) is 5.76 Å². The van der Waals surface area contributed by atoms with Crippen LogP contribution in [-0.2, 0) is 21.5 Å². The first kappa shape index (κ1) is 20.8. The molecule has 3 aromatic rings. The fraction of sp³-hybridized carbons (Fsp3) is 0.391. The molecule has 2 aromatic heterocycles. The van der Waals surface area contributed by atoms with E-state index >= 15 is 0 Å². The topological polar surface area (TPSA) is 104 Å². The number of aromatic amines is 1. The Morgan fingerprint density at radius 2 is 2.09 bits per heavy atom. The maximum Gasteiger partial charge on any atom is 0.289 e. The fourth-order valence-electron chi connectivity index (χ4n) is 4.07. The van der Waals surface area contributed by atoms with Gasteiger partial charge in [-0.15, -0.1) is 11.3 Å². The second-order valence-corrected chi connectivity index (χ2v) is 9.75. The number of aliphatic imine (C=N–C) groups is 1. The van der Waals surface area contributed by atoms with Crippen molar-refractivity contribution in [2.45, 2.75) is 44.2 Å². The highest BCUT2D eigenvalue weighted by atomic mass is 32.1. The lowest BCUT2D eigenvalue weighted by atomic mass is 9.95. The van der Waals surface area contributed by atoms with Crippen molar-refractivity contribution in [1.82, 2.24) is 19.9 Å². The van der Waals surface area contributed by atoms with Gasteiger partial charge in [0.05, 0.1) is 46.5 Å². The number of ether oxygens (including phenoxy) is 1. The Labute approximate surface area is 189 Å². The van der Waals surface area contributed by atoms with Gasteiger partial charge in [-0.2, -0.15) is 0 Å². The van der Waals surface area contributed by atoms with Gasteiger partial charge in [-0.1, -0.05) is 12.1 Å². The number of H-pyrrole nitrogens is 1. The van der Waals surface area contributed by atoms with Crippen LogP contribution in [0.15, 0.2) is 52.9 Å². The zero-order valence-electron chi connectivity index (χ0n) is 18.0. The second kappa shape index (κ2) is 7.83. The average molecular weight is 452 g/mol. The number of amides is 1. The Morgan fingerprint density at radius 3 is 2.84 bits per heavy atom. The minimum Gasteiger partial charge on any atom is -0.435 e. The van der Waals surface area contributed by atoms with E-state index in [2.05, 4.69) is 26.0 Å². The van der Waals surface area contributed by atoms with Crippen LogP contribution >= 0.6 is 11.3 Å². The standard InChI is InChI=1S/C16H20N4O3.C7H5NS/c1-15(2,22)14-17-6-3-11(23-14)13(21)20-7-10-12(19-9-18-10)16(8-20)4-5-16;1-2-4-7-6(3-1)8-5-9-7/h3,9,22H,4-8H2,1-2H3,(H,18,19);1-5H. The number of para-hydroxylation sites is 1. The molecule has 0 unspecified atom stereocenters. The summed E-state index contributed by atoms with van der Waals surface area (Å²) >= 11 is 1.68. The Balaban J connectivity index is 0.000000199. The number of carbonyl (C=O) groups is 1. The van der Waals surface area contributed by atoms with Crippen LogP contribution in [0.1, 0.15) is 38.1 Å². The number of hydrogen-bond acceptors (Lipinski definition) is 7. The summed E-state index contributed by atoms with van der Waals surface area (Å²) in [6.45, 7) is 4.70. The molecule has 2 aliphatic heterocycles. The maximum absolute atomic E-state index is 12.8. The van der Waals surface area contributed by atoms with Crippen molar-refractivity contribution in [3.63, 3.8) is 0 Å². The monoisotopic (exact) mass is 451 g/mol. The molecule has 6 rings (SSSR count). The molecule has 3 aliphatic rings. The molecule has 1 saturated carbocycles. The van der Waals surface area contributed by atoms with E-state index in [4.69, 9.17) is 4.74 Å². The van der Waals surface area contributed by atoms with Crippen LogP contribution in [-0.4, -0.2) is 55.5 Å². The van der Waals surface area contributed by atoms with Crippen molar-refractivity contribution in [2.24, 2.45) is 4.99 Å². The summed E-state index contributed by atoms with van der Waals surface area (Å²) in [7, 11) is 0. The van der Waals surface area contributed by atoms with E-state index in [-0.39, 0.29) is 23.0 Å². The normalized spacial score (nSPS) is 18.8. The predicted octanol–water partition coefficient (Wildman–Crippen LogP) is 3.16. The fourth-order valence-corrected chi connectivity index (χ4v) is 4.75. The lowest BCUT2D eigenvalue weighted by molar-refractivity contribution is -0.131. The van der Waals surface area contributed by atoms with Gasteiger partial charge in [-0.25, -0.2) is 15.0 Å². The number of aliphatic hydroxyl groups is 1. The molecule has 8 nitrogen and oxygen atoms in total. The smallest absolute Gasteiger partial charge is 0.289 e. The Kier molecular flexibility index (Phi) is 5.10. The van der Waals surface area contributed by atoms with Crippen molar-refractivity contribution >= 4 is 33.4 Å². The first-order valence-corrected chi connectivity index (χ1v) is 11.5. The lowest BCUT2D eigenvalue weighted by Gasteiger charge is -2.33. The molecule has 0 radical (unpaired) electrons.